The third kappa shape index (κ3) is 8.49. The van der Waals surface area contributed by atoms with E-state index in [2.05, 4.69) is 0 Å². The molecule has 4 nitrogen and oxygen atoms in total. The molecular weight excluding hydrogens is 262 g/mol. The minimum atomic E-state index is -3.45. The Morgan fingerprint density at radius 2 is 1.47 bits per heavy atom. The van der Waals surface area contributed by atoms with Gasteiger partial charge in [0.2, 0.25) is 0 Å². The average Bonchev–Trinajstić information content (AvgIpc) is 2.24. The highest BCUT2D eigenvalue weighted by Gasteiger charge is 2.25. The molecule has 0 aromatic carbocycles. The van der Waals surface area contributed by atoms with Crippen LogP contribution in [-0.2, 0) is 18.1 Å². The van der Waals surface area contributed by atoms with E-state index in [1.165, 1.54) is 0 Å². The molecule has 0 amide bonds. The van der Waals surface area contributed by atoms with Gasteiger partial charge in [0, 0.05) is 11.8 Å². The van der Waals surface area contributed by atoms with Crippen LogP contribution in [0, 0.1) is 0 Å². The van der Waals surface area contributed by atoms with Crippen molar-refractivity contribution < 1.29 is 18.1 Å². The highest BCUT2D eigenvalue weighted by atomic mass is 35.5. The predicted octanol–water partition coefficient (Wildman–Crippen LogP) is 3.42. The molecule has 0 aliphatic rings. The fraction of sp³-hybridized carbons (Fsp3) is 1.00. The fourth-order valence-corrected chi connectivity index (χ4v) is 2.30. The Balaban J connectivity index is 3.96. The molecule has 0 unspecified atom stereocenters. The normalized spacial score (nSPS) is 11.9. The molecule has 0 atom stereocenters. The van der Waals surface area contributed by atoms with E-state index in [0.29, 0.717) is 6.61 Å². The Hall–Kier alpha value is 0.690. The van der Waals surface area contributed by atoms with E-state index in [1.54, 1.807) is 0 Å². The van der Waals surface area contributed by atoms with Crippen LogP contribution >= 0.6 is 31.0 Å². The van der Waals surface area contributed by atoms with Crippen molar-refractivity contribution in [3.05, 3.63) is 0 Å². The lowest BCUT2D eigenvalue weighted by Crippen LogP contribution is -2.04. The number of hydrogen-bond donors (Lipinski definition) is 0. The Morgan fingerprint density at radius 3 is 1.87 bits per heavy atom. The van der Waals surface area contributed by atoms with E-state index < -0.39 is 7.82 Å². The summed E-state index contributed by atoms with van der Waals surface area (Å²) < 4.78 is 26.8. The number of rotatable bonds is 10. The summed E-state index contributed by atoms with van der Waals surface area (Å²) in [5, 5.41) is 0. The third-order valence-corrected chi connectivity index (χ3v) is 3.21. The maximum Gasteiger partial charge on any atom is 0.474 e. The van der Waals surface area contributed by atoms with E-state index in [0.717, 1.165) is 12.8 Å². The highest BCUT2D eigenvalue weighted by molar-refractivity contribution is 7.48. The van der Waals surface area contributed by atoms with Crippen LogP contribution in [0.15, 0.2) is 0 Å². The first-order valence-electron chi connectivity index (χ1n) is 4.84. The molecule has 0 N–H and O–H groups in total. The summed E-state index contributed by atoms with van der Waals surface area (Å²) in [4.78, 5) is 0. The van der Waals surface area contributed by atoms with Crippen LogP contribution in [0.25, 0.3) is 0 Å². The maximum absolute atomic E-state index is 11.8. The first-order chi connectivity index (χ1) is 7.18. The second-order valence-corrected chi connectivity index (χ2v) is 5.10. The number of phosphoric acid groups is 1. The lowest BCUT2D eigenvalue weighted by atomic mass is 10.4. The topological polar surface area (TPSA) is 44.8 Å². The van der Waals surface area contributed by atoms with Crippen molar-refractivity contribution in [1.29, 1.82) is 0 Å². The first-order valence-corrected chi connectivity index (χ1v) is 7.37. The molecule has 0 heterocycles. The van der Waals surface area contributed by atoms with Crippen molar-refractivity contribution in [1.82, 2.24) is 0 Å². The quantitative estimate of drug-likeness (QED) is 0.349. The maximum atomic E-state index is 11.8. The van der Waals surface area contributed by atoms with Crippen molar-refractivity contribution in [2.45, 2.75) is 19.8 Å². The van der Waals surface area contributed by atoms with Crippen LogP contribution in [-0.4, -0.2) is 31.6 Å². The van der Waals surface area contributed by atoms with Crippen LogP contribution in [0.2, 0.25) is 0 Å². The highest BCUT2D eigenvalue weighted by Crippen LogP contribution is 2.49. The lowest BCUT2D eigenvalue weighted by Gasteiger charge is -2.16. The molecular formula is C8H17Cl2O4P. The van der Waals surface area contributed by atoms with Gasteiger partial charge in [0.15, 0.2) is 0 Å². The molecule has 0 bridgehead atoms. The zero-order valence-electron chi connectivity index (χ0n) is 8.79. The number of hydrogen-bond acceptors (Lipinski definition) is 4. The van der Waals surface area contributed by atoms with Crippen molar-refractivity contribution >= 4 is 31.0 Å². The van der Waals surface area contributed by atoms with Gasteiger partial charge in [-0.05, 0) is 6.42 Å². The summed E-state index contributed by atoms with van der Waals surface area (Å²) in [7, 11) is -3.45. The third-order valence-electron chi connectivity index (χ3n) is 1.40. The van der Waals surface area contributed by atoms with Gasteiger partial charge < -0.3 is 0 Å². The summed E-state index contributed by atoms with van der Waals surface area (Å²) in [5.74, 6) is 0.483. The smallest absolute Gasteiger partial charge is 0.287 e. The lowest BCUT2D eigenvalue weighted by molar-refractivity contribution is 0.121. The van der Waals surface area contributed by atoms with E-state index in [-0.39, 0.29) is 25.0 Å². The summed E-state index contributed by atoms with van der Waals surface area (Å²) in [6.07, 6.45) is 1.75. The first kappa shape index (κ1) is 15.7. The summed E-state index contributed by atoms with van der Waals surface area (Å²) in [5.41, 5.74) is 0. The van der Waals surface area contributed by atoms with Gasteiger partial charge in [-0.15, -0.1) is 23.2 Å². The Kier molecular flexibility index (Phi) is 10.3. The van der Waals surface area contributed by atoms with E-state index in [1.807, 2.05) is 6.92 Å². The van der Waals surface area contributed by atoms with Crippen molar-refractivity contribution in [2.75, 3.05) is 31.6 Å². The molecule has 15 heavy (non-hydrogen) atoms. The SMILES string of the molecule is CCCCOP(=O)(OCCCl)OCCCl. The van der Waals surface area contributed by atoms with E-state index in [4.69, 9.17) is 36.8 Å². The molecule has 0 rings (SSSR count). The molecule has 0 saturated heterocycles. The second-order valence-electron chi connectivity index (χ2n) is 2.68. The standard InChI is InChI=1S/C8H17Cl2O4P/c1-2-3-6-12-15(11,13-7-4-9)14-8-5-10/h2-8H2,1H3. The molecule has 0 saturated carbocycles. The molecule has 92 valence electrons. The Bertz CT molecular complexity index is 179. The van der Waals surface area contributed by atoms with Gasteiger partial charge >= 0.3 is 7.82 Å². The minimum absolute atomic E-state index is 0.132. The molecule has 0 fully saturated rings. The zero-order valence-corrected chi connectivity index (χ0v) is 11.2. The Morgan fingerprint density at radius 1 is 1.00 bits per heavy atom. The van der Waals surface area contributed by atoms with Crippen LogP contribution in [0.3, 0.4) is 0 Å². The van der Waals surface area contributed by atoms with E-state index in [9.17, 15) is 4.57 Å². The van der Waals surface area contributed by atoms with Crippen LogP contribution < -0.4 is 0 Å². The van der Waals surface area contributed by atoms with E-state index >= 15 is 0 Å². The average molecular weight is 279 g/mol. The number of halogens is 2. The number of phosphoric ester groups is 1. The summed E-state index contributed by atoms with van der Waals surface area (Å²) in [6, 6.07) is 0. The molecule has 7 heteroatoms. The minimum Gasteiger partial charge on any atom is -0.287 e. The van der Waals surface area contributed by atoms with Gasteiger partial charge in [0.25, 0.3) is 0 Å². The second kappa shape index (κ2) is 9.88. The van der Waals surface area contributed by atoms with Crippen molar-refractivity contribution in [3.8, 4) is 0 Å². The summed E-state index contributed by atoms with van der Waals surface area (Å²) in [6.45, 7) is 2.62. The monoisotopic (exact) mass is 278 g/mol. The predicted molar refractivity (Wildman–Crippen MR) is 61.8 cm³/mol. The molecule has 0 aromatic heterocycles. The van der Waals surface area contributed by atoms with Crippen LogP contribution in [0.1, 0.15) is 19.8 Å². The van der Waals surface area contributed by atoms with Crippen LogP contribution in [0.5, 0.6) is 0 Å². The molecule has 0 aliphatic carbocycles. The summed E-state index contributed by atoms with van der Waals surface area (Å²) >= 11 is 10.8. The number of alkyl halides is 2. The van der Waals surface area contributed by atoms with Crippen molar-refractivity contribution in [3.63, 3.8) is 0 Å². The molecule has 0 aromatic rings. The van der Waals surface area contributed by atoms with Gasteiger partial charge in [0.1, 0.15) is 0 Å². The fourth-order valence-electron chi connectivity index (χ4n) is 0.725. The zero-order chi connectivity index (χ0) is 11.6. The van der Waals surface area contributed by atoms with Gasteiger partial charge in [-0.3, -0.25) is 13.6 Å². The van der Waals surface area contributed by atoms with Gasteiger partial charge in [-0.1, -0.05) is 13.3 Å². The van der Waals surface area contributed by atoms with Gasteiger partial charge in [0.05, 0.1) is 19.8 Å². The molecule has 0 spiro atoms. The Labute approximate surface area is 101 Å². The molecule has 0 aliphatic heterocycles. The van der Waals surface area contributed by atoms with Crippen molar-refractivity contribution in [2.24, 2.45) is 0 Å². The van der Waals surface area contributed by atoms with Crippen LogP contribution in [0.4, 0.5) is 0 Å². The molecule has 0 radical (unpaired) electrons. The van der Waals surface area contributed by atoms with Gasteiger partial charge in [-0.2, -0.15) is 0 Å². The van der Waals surface area contributed by atoms with Gasteiger partial charge in [-0.25, -0.2) is 4.57 Å². The largest absolute Gasteiger partial charge is 0.474 e. The number of unbranched alkanes of at least 4 members (excludes halogenated alkanes) is 1.